The number of aliphatic carboxylic acids is 2. The third-order valence-electron chi connectivity index (χ3n) is 21.1. The van der Waals surface area contributed by atoms with Crippen molar-refractivity contribution in [1.29, 1.82) is 0 Å². The molecule has 0 aromatic rings. The third-order valence-corrected chi connectivity index (χ3v) is 21.1. The second-order valence-electron chi connectivity index (χ2n) is 22.6. The Labute approximate surface area is 336 Å². The molecule has 8 saturated carbocycles. The molecule has 0 aliphatic heterocycles. The summed E-state index contributed by atoms with van der Waals surface area (Å²) in [4.78, 5) is 53.2. The molecular weight excluding hydrogens is 705 g/mol. The molecule has 0 aromatic carbocycles. The molecule has 4 N–H and O–H groups in total. The van der Waals surface area contributed by atoms with Crippen LogP contribution in [0.4, 0.5) is 0 Å². The third kappa shape index (κ3) is 6.07. The van der Waals surface area contributed by atoms with Gasteiger partial charge in [-0.25, -0.2) is 0 Å². The van der Waals surface area contributed by atoms with Gasteiger partial charge in [-0.3, -0.25) is 19.2 Å². The molecule has 20 atom stereocenters. The van der Waals surface area contributed by atoms with Gasteiger partial charge in [0.15, 0.2) is 0 Å². The first-order valence-corrected chi connectivity index (χ1v) is 23.2. The Morgan fingerprint density at radius 3 is 2.00 bits per heavy atom. The fourth-order valence-electron chi connectivity index (χ4n) is 18.0. The molecule has 8 heteroatoms. The zero-order valence-corrected chi connectivity index (χ0v) is 35.4. The van der Waals surface area contributed by atoms with Gasteiger partial charge in [0.25, 0.3) is 0 Å². The van der Waals surface area contributed by atoms with Crippen LogP contribution >= 0.6 is 0 Å². The topological polar surface area (TPSA) is 149 Å². The highest BCUT2D eigenvalue weighted by atomic mass is 16.4. The van der Waals surface area contributed by atoms with Gasteiger partial charge in [0.05, 0.1) is 12.2 Å². The van der Waals surface area contributed by atoms with E-state index in [4.69, 9.17) is 0 Å². The van der Waals surface area contributed by atoms with Crippen molar-refractivity contribution in [1.82, 2.24) is 0 Å². The van der Waals surface area contributed by atoms with Crippen LogP contribution in [0, 0.1) is 105 Å². The number of aliphatic hydroxyl groups is 2. The smallest absolute Gasteiger partial charge is 0.303 e. The molecule has 8 rings (SSSR count). The van der Waals surface area contributed by atoms with Gasteiger partial charge >= 0.3 is 11.9 Å². The second kappa shape index (κ2) is 14.4. The largest absolute Gasteiger partial charge is 0.481 e. The van der Waals surface area contributed by atoms with Gasteiger partial charge in [-0.1, -0.05) is 41.5 Å². The van der Waals surface area contributed by atoms with Gasteiger partial charge < -0.3 is 20.4 Å². The molecule has 0 amide bonds. The van der Waals surface area contributed by atoms with E-state index in [1.54, 1.807) is 0 Å². The summed E-state index contributed by atoms with van der Waals surface area (Å²) in [6.07, 6.45) is 13.5. The highest BCUT2D eigenvalue weighted by Gasteiger charge is 2.68. The minimum atomic E-state index is -0.760. The van der Waals surface area contributed by atoms with Gasteiger partial charge in [0.1, 0.15) is 11.6 Å². The van der Waals surface area contributed by atoms with Crippen molar-refractivity contribution >= 4 is 23.5 Å². The minimum absolute atomic E-state index is 0.0157. The van der Waals surface area contributed by atoms with Crippen molar-refractivity contribution < 1.29 is 39.6 Å². The maximum Gasteiger partial charge on any atom is 0.303 e. The summed E-state index contributed by atoms with van der Waals surface area (Å²) in [5.41, 5.74) is -0.903. The fourth-order valence-corrected chi connectivity index (χ4v) is 18.0. The first-order valence-electron chi connectivity index (χ1n) is 23.2. The number of hydrogen-bond acceptors (Lipinski definition) is 6. The first-order chi connectivity index (χ1) is 26.3. The molecule has 7 unspecified atom stereocenters. The summed E-state index contributed by atoms with van der Waals surface area (Å²) >= 11 is 0. The van der Waals surface area contributed by atoms with Crippen molar-refractivity contribution in [3.63, 3.8) is 0 Å². The molecule has 0 bridgehead atoms. The molecule has 314 valence electrons. The molecule has 56 heavy (non-hydrogen) atoms. The van der Waals surface area contributed by atoms with Crippen LogP contribution < -0.4 is 0 Å². The predicted molar refractivity (Wildman–Crippen MR) is 213 cm³/mol. The van der Waals surface area contributed by atoms with Gasteiger partial charge in [-0.05, 0) is 184 Å². The Morgan fingerprint density at radius 1 is 0.679 bits per heavy atom. The molecule has 0 saturated heterocycles. The molecule has 8 aliphatic carbocycles. The van der Waals surface area contributed by atoms with Crippen LogP contribution in [0.5, 0.6) is 0 Å². The van der Waals surface area contributed by atoms with E-state index in [0.29, 0.717) is 60.9 Å². The highest BCUT2D eigenvalue weighted by molar-refractivity contribution is 5.87. The number of Topliss-reactive ketones (excluding diaryl/α,β-unsaturated/α-hetero) is 2. The lowest BCUT2D eigenvalue weighted by molar-refractivity contribution is -0.182. The molecule has 0 spiro atoms. The number of fused-ring (bicyclic) bond motifs is 10. The van der Waals surface area contributed by atoms with E-state index >= 15 is 0 Å². The number of rotatable bonds is 9. The van der Waals surface area contributed by atoms with Gasteiger partial charge in [0.2, 0.25) is 0 Å². The second-order valence-corrected chi connectivity index (χ2v) is 22.6. The van der Waals surface area contributed by atoms with Crippen LogP contribution in [0.2, 0.25) is 0 Å². The number of carboxylic acid groups (broad SMARTS) is 2. The Balaban J connectivity index is 0.993. The maximum absolute atomic E-state index is 14.7. The molecule has 8 nitrogen and oxygen atoms in total. The summed E-state index contributed by atoms with van der Waals surface area (Å²) in [5, 5.41) is 42.1. The standard InChI is InChI=1S/C48H74O8/c1-25(7-14-42(53)54)33-10-12-35-31-9-8-28-19-27(15-17-45(28,3)37(31)23-40(51)47(33,35)5)32(22-43(55)56)26(2)34-11-13-36-44-38(24-41(52)48(34,36)6)46(4)18-16-30(49)20-29(46)21-39(44)50/h25-39,44,49-50H,7-24H2,1-6H3,(H,53,54)(H,55,56)/t25-,26-,27?,28?,29?,30-,31?,32?,33-,34-,35?,36+,37?,38+,39-,44+,45+,46+,47-,48-/m1/s1. The lowest BCUT2D eigenvalue weighted by Crippen LogP contribution is -2.61. The van der Waals surface area contributed by atoms with E-state index in [1.165, 1.54) is 0 Å². The Kier molecular flexibility index (Phi) is 10.6. The van der Waals surface area contributed by atoms with E-state index < -0.39 is 23.5 Å². The maximum atomic E-state index is 14.7. The highest BCUT2D eigenvalue weighted by Crippen LogP contribution is 2.70. The molecule has 0 radical (unpaired) electrons. The van der Waals surface area contributed by atoms with Gasteiger partial charge in [0, 0.05) is 36.5 Å². The molecular formula is C48H74O8. The minimum Gasteiger partial charge on any atom is -0.481 e. The van der Waals surface area contributed by atoms with Crippen molar-refractivity contribution in [3.8, 4) is 0 Å². The number of carbonyl (C=O) groups is 4. The van der Waals surface area contributed by atoms with Crippen LogP contribution in [-0.4, -0.2) is 56.1 Å². The number of aliphatic hydroxyl groups excluding tert-OH is 2. The van der Waals surface area contributed by atoms with Crippen LogP contribution in [0.1, 0.15) is 157 Å². The van der Waals surface area contributed by atoms with E-state index in [-0.39, 0.29) is 94.4 Å². The molecule has 0 heterocycles. The average Bonchev–Trinajstić information content (AvgIpc) is 3.69. The summed E-state index contributed by atoms with van der Waals surface area (Å²) < 4.78 is 0. The van der Waals surface area contributed by atoms with Crippen LogP contribution in [-0.2, 0) is 19.2 Å². The zero-order valence-electron chi connectivity index (χ0n) is 35.4. The van der Waals surface area contributed by atoms with Crippen molar-refractivity contribution in [2.75, 3.05) is 0 Å². The Hall–Kier alpha value is -1.80. The van der Waals surface area contributed by atoms with Crippen molar-refractivity contribution in [2.45, 2.75) is 169 Å². The van der Waals surface area contributed by atoms with Crippen molar-refractivity contribution in [3.05, 3.63) is 0 Å². The van der Waals surface area contributed by atoms with Crippen LogP contribution in [0.25, 0.3) is 0 Å². The number of ketones is 2. The summed E-state index contributed by atoms with van der Waals surface area (Å²) in [7, 11) is 0. The van der Waals surface area contributed by atoms with E-state index in [1.807, 2.05) is 0 Å². The molecule has 0 aromatic heterocycles. The van der Waals surface area contributed by atoms with E-state index in [0.717, 1.165) is 77.0 Å². The van der Waals surface area contributed by atoms with Gasteiger partial charge in [-0.2, -0.15) is 0 Å². The number of hydrogen-bond donors (Lipinski definition) is 4. The zero-order chi connectivity index (χ0) is 40.3. The normalized spacial score (nSPS) is 51.3. The average molecular weight is 779 g/mol. The molecule has 8 fully saturated rings. The first kappa shape index (κ1) is 41.0. The fraction of sp³-hybridized carbons (Fsp3) is 0.917. The Morgan fingerprint density at radius 2 is 1.30 bits per heavy atom. The lowest BCUT2D eigenvalue weighted by Gasteiger charge is -2.62. The Bertz CT molecular complexity index is 1580. The quantitative estimate of drug-likeness (QED) is 0.182. The number of carbonyl (C=O) groups excluding carboxylic acids is 2. The predicted octanol–water partition coefficient (Wildman–Crippen LogP) is 8.84. The number of carboxylic acids is 2. The van der Waals surface area contributed by atoms with E-state index in [9.17, 15) is 39.6 Å². The van der Waals surface area contributed by atoms with Gasteiger partial charge in [-0.15, -0.1) is 0 Å². The SMILES string of the molecule is C[C@H](CCC(=O)O)[C@H]1CCC2C3CCC4CC(C(CC(=O)O)[C@@H](C)[C@H]5CC[C@H]6[C@@H]7[C@H](O)CC8C[C@H](O)CC[C@]8(C)[C@H]7CC(=O)[C@]56C)CC[C@]4(C)C3CC(=O)[C@@]21C. The summed E-state index contributed by atoms with van der Waals surface area (Å²) in [6.45, 7) is 13.7. The monoisotopic (exact) mass is 779 g/mol. The summed E-state index contributed by atoms with van der Waals surface area (Å²) in [6, 6.07) is 0. The lowest BCUT2D eigenvalue weighted by atomic mass is 9.42. The van der Waals surface area contributed by atoms with E-state index in [2.05, 4.69) is 41.5 Å². The summed E-state index contributed by atoms with van der Waals surface area (Å²) in [5.74, 6) is 2.42. The van der Waals surface area contributed by atoms with Crippen LogP contribution in [0.15, 0.2) is 0 Å². The molecule has 8 aliphatic rings. The van der Waals surface area contributed by atoms with Crippen molar-refractivity contribution in [2.24, 2.45) is 105 Å². The van der Waals surface area contributed by atoms with Crippen LogP contribution in [0.3, 0.4) is 0 Å².